The first-order chi connectivity index (χ1) is 7.67. The fourth-order valence-electron chi connectivity index (χ4n) is 1.55. The standard InChI is InChI=1S/C13H20N2O/c1-3-4-13(16)15(2)10-12-7-5-11(9-14)6-8-12/h5-8H,3-4,9-10,14H2,1-2H3. The SMILES string of the molecule is CCCC(=O)N(C)Cc1ccc(CN)cc1. The van der Waals surface area contributed by atoms with E-state index < -0.39 is 0 Å². The molecule has 0 heterocycles. The number of rotatable bonds is 5. The topological polar surface area (TPSA) is 46.3 Å². The fraction of sp³-hybridized carbons (Fsp3) is 0.462. The third-order valence-corrected chi connectivity index (χ3v) is 2.57. The van der Waals surface area contributed by atoms with Crippen molar-refractivity contribution in [2.24, 2.45) is 5.73 Å². The minimum absolute atomic E-state index is 0.199. The summed E-state index contributed by atoms with van der Waals surface area (Å²) in [4.78, 5) is 13.3. The minimum Gasteiger partial charge on any atom is -0.341 e. The zero-order chi connectivity index (χ0) is 12.0. The van der Waals surface area contributed by atoms with Gasteiger partial charge in [-0.25, -0.2) is 0 Å². The molecule has 0 saturated heterocycles. The lowest BCUT2D eigenvalue weighted by Crippen LogP contribution is -2.25. The lowest BCUT2D eigenvalue weighted by molar-refractivity contribution is -0.130. The van der Waals surface area contributed by atoms with Crippen LogP contribution in [-0.4, -0.2) is 17.9 Å². The highest BCUT2D eigenvalue weighted by Gasteiger charge is 2.07. The number of nitrogens with zero attached hydrogens (tertiary/aromatic N) is 1. The smallest absolute Gasteiger partial charge is 0.222 e. The second-order valence-corrected chi connectivity index (χ2v) is 4.02. The highest BCUT2D eigenvalue weighted by Crippen LogP contribution is 2.07. The molecule has 1 aromatic rings. The van der Waals surface area contributed by atoms with Gasteiger partial charge in [0.25, 0.3) is 0 Å². The van der Waals surface area contributed by atoms with Crippen molar-refractivity contribution in [2.45, 2.75) is 32.9 Å². The van der Waals surface area contributed by atoms with E-state index in [1.807, 2.05) is 38.2 Å². The van der Waals surface area contributed by atoms with Crippen LogP contribution in [0.4, 0.5) is 0 Å². The molecule has 16 heavy (non-hydrogen) atoms. The van der Waals surface area contributed by atoms with E-state index >= 15 is 0 Å². The molecule has 88 valence electrons. The Hall–Kier alpha value is -1.35. The molecule has 0 aliphatic rings. The van der Waals surface area contributed by atoms with Crippen LogP contribution in [0.3, 0.4) is 0 Å². The van der Waals surface area contributed by atoms with Crippen LogP contribution in [0.1, 0.15) is 30.9 Å². The molecule has 0 fully saturated rings. The van der Waals surface area contributed by atoms with E-state index in [-0.39, 0.29) is 5.91 Å². The van der Waals surface area contributed by atoms with Crippen molar-refractivity contribution in [1.82, 2.24) is 4.90 Å². The minimum atomic E-state index is 0.199. The van der Waals surface area contributed by atoms with Gasteiger partial charge in [-0.3, -0.25) is 4.79 Å². The maximum Gasteiger partial charge on any atom is 0.222 e. The van der Waals surface area contributed by atoms with Gasteiger partial charge < -0.3 is 10.6 Å². The van der Waals surface area contributed by atoms with Gasteiger partial charge in [0.1, 0.15) is 0 Å². The largest absolute Gasteiger partial charge is 0.341 e. The van der Waals surface area contributed by atoms with Crippen molar-refractivity contribution in [3.05, 3.63) is 35.4 Å². The second-order valence-electron chi connectivity index (χ2n) is 4.02. The Morgan fingerprint density at radius 2 is 1.81 bits per heavy atom. The summed E-state index contributed by atoms with van der Waals surface area (Å²) in [5.74, 6) is 0.199. The number of nitrogens with two attached hydrogens (primary N) is 1. The molecule has 0 aromatic heterocycles. The Morgan fingerprint density at radius 1 is 1.25 bits per heavy atom. The second kappa shape index (κ2) is 6.28. The summed E-state index contributed by atoms with van der Waals surface area (Å²) in [5.41, 5.74) is 7.78. The summed E-state index contributed by atoms with van der Waals surface area (Å²) in [6, 6.07) is 8.07. The predicted octanol–water partition coefficient (Wildman–Crippen LogP) is 1.90. The van der Waals surface area contributed by atoms with Gasteiger partial charge in [-0.2, -0.15) is 0 Å². The summed E-state index contributed by atoms with van der Waals surface area (Å²) in [6.45, 7) is 3.25. The molecule has 3 nitrogen and oxygen atoms in total. The molecule has 0 atom stereocenters. The molecule has 1 amide bonds. The molecule has 1 rings (SSSR count). The molecule has 1 aromatic carbocycles. The van der Waals surface area contributed by atoms with Crippen LogP contribution in [0, 0.1) is 0 Å². The van der Waals surface area contributed by atoms with Crippen molar-refractivity contribution in [3.8, 4) is 0 Å². The average Bonchev–Trinajstić information content (AvgIpc) is 2.30. The molecule has 0 unspecified atom stereocenters. The quantitative estimate of drug-likeness (QED) is 0.824. The van der Waals surface area contributed by atoms with Crippen molar-refractivity contribution in [2.75, 3.05) is 7.05 Å². The Labute approximate surface area is 97.2 Å². The maximum absolute atomic E-state index is 11.6. The Kier molecular flexibility index (Phi) is 4.99. The third-order valence-electron chi connectivity index (χ3n) is 2.57. The van der Waals surface area contributed by atoms with Crippen molar-refractivity contribution in [1.29, 1.82) is 0 Å². The monoisotopic (exact) mass is 220 g/mol. The Bertz CT molecular complexity index is 332. The summed E-state index contributed by atoms with van der Waals surface area (Å²) in [7, 11) is 1.84. The summed E-state index contributed by atoms with van der Waals surface area (Å²) < 4.78 is 0. The molecule has 0 bridgehead atoms. The van der Waals surface area contributed by atoms with E-state index in [0.717, 1.165) is 17.5 Å². The van der Waals surface area contributed by atoms with Gasteiger partial charge in [-0.15, -0.1) is 0 Å². The number of hydrogen-bond donors (Lipinski definition) is 1. The van der Waals surface area contributed by atoms with Gasteiger partial charge in [-0.1, -0.05) is 31.2 Å². The molecular weight excluding hydrogens is 200 g/mol. The molecule has 0 aliphatic carbocycles. The number of amides is 1. The lowest BCUT2D eigenvalue weighted by Gasteiger charge is -2.17. The van der Waals surface area contributed by atoms with Gasteiger partial charge in [-0.05, 0) is 17.5 Å². The number of carbonyl (C=O) groups is 1. The molecule has 0 radical (unpaired) electrons. The van der Waals surface area contributed by atoms with Gasteiger partial charge in [0.2, 0.25) is 5.91 Å². The highest BCUT2D eigenvalue weighted by atomic mass is 16.2. The first-order valence-corrected chi connectivity index (χ1v) is 5.69. The van der Waals surface area contributed by atoms with E-state index in [2.05, 4.69) is 0 Å². The third kappa shape index (κ3) is 3.66. The summed E-state index contributed by atoms with van der Waals surface area (Å²) in [6.07, 6.45) is 1.52. The van der Waals surface area contributed by atoms with Crippen LogP contribution in [-0.2, 0) is 17.9 Å². The molecule has 0 spiro atoms. The molecule has 0 saturated carbocycles. The Morgan fingerprint density at radius 3 is 2.31 bits per heavy atom. The zero-order valence-electron chi connectivity index (χ0n) is 10.1. The maximum atomic E-state index is 11.6. The van der Waals surface area contributed by atoms with Gasteiger partial charge in [0.15, 0.2) is 0 Å². The van der Waals surface area contributed by atoms with Gasteiger partial charge >= 0.3 is 0 Å². The zero-order valence-corrected chi connectivity index (χ0v) is 10.1. The summed E-state index contributed by atoms with van der Waals surface area (Å²) >= 11 is 0. The molecule has 3 heteroatoms. The fourth-order valence-corrected chi connectivity index (χ4v) is 1.55. The van der Waals surface area contributed by atoms with E-state index in [9.17, 15) is 4.79 Å². The lowest BCUT2D eigenvalue weighted by atomic mass is 10.1. The highest BCUT2D eigenvalue weighted by molar-refractivity contribution is 5.75. The predicted molar refractivity (Wildman–Crippen MR) is 65.7 cm³/mol. The van der Waals surface area contributed by atoms with Crippen molar-refractivity contribution < 1.29 is 4.79 Å². The number of benzene rings is 1. The molecular formula is C13H20N2O. The normalized spacial score (nSPS) is 10.2. The van der Waals surface area contributed by atoms with Crippen LogP contribution in [0.2, 0.25) is 0 Å². The van der Waals surface area contributed by atoms with E-state index in [4.69, 9.17) is 5.73 Å². The first-order valence-electron chi connectivity index (χ1n) is 5.69. The van der Waals surface area contributed by atoms with Crippen LogP contribution in [0.15, 0.2) is 24.3 Å². The van der Waals surface area contributed by atoms with Crippen LogP contribution >= 0.6 is 0 Å². The van der Waals surface area contributed by atoms with E-state index in [0.29, 0.717) is 19.5 Å². The first kappa shape index (κ1) is 12.7. The molecule has 2 N–H and O–H groups in total. The van der Waals surface area contributed by atoms with Crippen LogP contribution in [0.5, 0.6) is 0 Å². The van der Waals surface area contributed by atoms with E-state index in [1.165, 1.54) is 0 Å². The van der Waals surface area contributed by atoms with Crippen LogP contribution in [0.25, 0.3) is 0 Å². The van der Waals surface area contributed by atoms with Gasteiger partial charge in [0, 0.05) is 26.6 Å². The van der Waals surface area contributed by atoms with Crippen molar-refractivity contribution >= 4 is 5.91 Å². The summed E-state index contributed by atoms with van der Waals surface area (Å²) in [5, 5.41) is 0. The molecule has 0 aliphatic heterocycles. The van der Waals surface area contributed by atoms with Crippen LogP contribution < -0.4 is 5.73 Å². The number of hydrogen-bond acceptors (Lipinski definition) is 2. The van der Waals surface area contributed by atoms with E-state index in [1.54, 1.807) is 4.90 Å². The van der Waals surface area contributed by atoms with Crippen molar-refractivity contribution in [3.63, 3.8) is 0 Å². The Balaban J connectivity index is 2.55. The average molecular weight is 220 g/mol. The number of carbonyl (C=O) groups excluding carboxylic acids is 1. The van der Waals surface area contributed by atoms with Gasteiger partial charge in [0.05, 0.1) is 0 Å².